The Hall–Kier alpha value is -1.49. The van der Waals surface area contributed by atoms with Crippen LogP contribution in [-0.2, 0) is 10.2 Å². The van der Waals surface area contributed by atoms with Crippen LogP contribution in [0.5, 0.6) is 0 Å². The number of nitrogens with one attached hydrogen (secondary N) is 1. The van der Waals surface area contributed by atoms with Crippen LogP contribution in [0.2, 0.25) is 0 Å². The van der Waals surface area contributed by atoms with Crippen molar-refractivity contribution in [1.29, 1.82) is 0 Å². The quantitative estimate of drug-likeness (QED) is 0.739. The monoisotopic (exact) mass is 404 g/mol. The third kappa shape index (κ3) is 5.53. The molecule has 156 valence electrons. The molecule has 0 aliphatic carbocycles. The van der Waals surface area contributed by atoms with Crippen molar-refractivity contribution in [1.82, 2.24) is 10.2 Å². The van der Waals surface area contributed by atoms with Crippen LogP contribution >= 0.6 is 11.8 Å². The minimum absolute atomic E-state index is 0.0345. The molecule has 0 aromatic heterocycles. The SMILES string of the molecule is CCC(C)NC(=O)C1CSC(CC(C)C)N1C(=O)c1ccc(C(C)(C)C)cc1. The van der Waals surface area contributed by atoms with Gasteiger partial charge in [-0.2, -0.15) is 0 Å². The first-order valence-electron chi connectivity index (χ1n) is 10.4. The van der Waals surface area contributed by atoms with Gasteiger partial charge in [0.15, 0.2) is 0 Å². The van der Waals surface area contributed by atoms with Gasteiger partial charge in [0.1, 0.15) is 6.04 Å². The van der Waals surface area contributed by atoms with Crippen LogP contribution < -0.4 is 5.32 Å². The fourth-order valence-electron chi connectivity index (χ4n) is 3.33. The number of hydrogen-bond donors (Lipinski definition) is 1. The van der Waals surface area contributed by atoms with Crippen LogP contribution in [0.25, 0.3) is 0 Å². The average molecular weight is 405 g/mol. The summed E-state index contributed by atoms with van der Waals surface area (Å²) < 4.78 is 0. The Kier molecular flexibility index (Phi) is 7.60. The number of rotatable bonds is 6. The highest BCUT2D eigenvalue weighted by atomic mass is 32.2. The van der Waals surface area contributed by atoms with Crippen LogP contribution in [0.4, 0.5) is 0 Å². The molecule has 4 nitrogen and oxygen atoms in total. The molecule has 1 aromatic carbocycles. The molecular formula is C23H36N2O2S. The Labute approximate surface area is 174 Å². The van der Waals surface area contributed by atoms with Crippen molar-refractivity contribution in [2.75, 3.05) is 5.75 Å². The van der Waals surface area contributed by atoms with E-state index < -0.39 is 6.04 Å². The van der Waals surface area contributed by atoms with Gasteiger partial charge in [0.2, 0.25) is 5.91 Å². The lowest BCUT2D eigenvalue weighted by Crippen LogP contribution is -2.51. The predicted octanol–water partition coefficient (Wildman–Crippen LogP) is 4.83. The second kappa shape index (κ2) is 9.34. The van der Waals surface area contributed by atoms with Gasteiger partial charge in [-0.3, -0.25) is 9.59 Å². The molecule has 0 spiro atoms. The largest absolute Gasteiger partial charge is 0.352 e. The molecule has 2 rings (SSSR count). The Morgan fingerprint density at radius 3 is 2.29 bits per heavy atom. The zero-order valence-electron chi connectivity index (χ0n) is 18.4. The van der Waals surface area contributed by atoms with Crippen molar-refractivity contribution in [3.8, 4) is 0 Å². The molecule has 1 N–H and O–H groups in total. The molecule has 0 saturated carbocycles. The van der Waals surface area contributed by atoms with Gasteiger partial charge >= 0.3 is 0 Å². The van der Waals surface area contributed by atoms with Crippen molar-refractivity contribution >= 4 is 23.6 Å². The highest BCUT2D eigenvalue weighted by molar-refractivity contribution is 8.00. The standard InChI is InChI=1S/C23H36N2O2S/c1-8-16(4)24-21(26)19-14-28-20(13-15(2)3)25(19)22(27)17-9-11-18(12-10-17)23(5,6)7/h9-12,15-16,19-20H,8,13-14H2,1-7H3,(H,24,26). The summed E-state index contributed by atoms with van der Waals surface area (Å²) in [6.45, 7) is 14.9. The van der Waals surface area contributed by atoms with E-state index in [1.807, 2.05) is 36.1 Å². The van der Waals surface area contributed by atoms with Gasteiger partial charge in [-0.05, 0) is 48.8 Å². The molecule has 2 amide bonds. The normalized spacial score (nSPS) is 21.1. The molecule has 1 aromatic rings. The van der Waals surface area contributed by atoms with Gasteiger partial charge in [-0.25, -0.2) is 0 Å². The minimum Gasteiger partial charge on any atom is -0.352 e. The third-order valence-corrected chi connectivity index (χ3v) is 6.61. The molecule has 1 fully saturated rings. The molecule has 1 aliphatic heterocycles. The molecule has 1 aliphatic rings. The Balaban J connectivity index is 2.28. The van der Waals surface area contributed by atoms with E-state index in [2.05, 4.69) is 46.9 Å². The van der Waals surface area contributed by atoms with Gasteiger partial charge in [0.05, 0.1) is 5.37 Å². The topological polar surface area (TPSA) is 49.4 Å². The summed E-state index contributed by atoms with van der Waals surface area (Å²) in [5, 5.41) is 3.11. The highest BCUT2D eigenvalue weighted by Gasteiger charge is 2.42. The first kappa shape index (κ1) is 22.8. The van der Waals surface area contributed by atoms with Crippen LogP contribution in [0.15, 0.2) is 24.3 Å². The van der Waals surface area contributed by atoms with Gasteiger partial charge in [0, 0.05) is 17.4 Å². The van der Waals surface area contributed by atoms with Gasteiger partial charge in [-0.1, -0.05) is 53.7 Å². The summed E-state index contributed by atoms with van der Waals surface area (Å²) in [6.07, 6.45) is 1.77. The number of benzene rings is 1. The van der Waals surface area contributed by atoms with Gasteiger partial charge in [0.25, 0.3) is 5.91 Å². The molecule has 1 saturated heterocycles. The van der Waals surface area contributed by atoms with Gasteiger partial charge < -0.3 is 10.2 Å². The van der Waals surface area contributed by atoms with Gasteiger partial charge in [-0.15, -0.1) is 11.8 Å². The zero-order valence-corrected chi connectivity index (χ0v) is 19.2. The maximum atomic E-state index is 13.4. The minimum atomic E-state index is -0.405. The van der Waals surface area contributed by atoms with E-state index >= 15 is 0 Å². The second-order valence-electron chi connectivity index (χ2n) is 9.29. The summed E-state index contributed by atoms with van der Waals surface area (Å²) in [5.74, 6) is 1.05. The van der Waals surface area contributed by atoms with E-state index in [1.165, 1.54) is 5.56 Å². The number of carbonyl (C=O) groups is 2. The third-order valence-electron chi connectivity index (χ3n) is 5.30. The lowest BCUT2D eigenvalue weighted by Gasteiger charge is -2.30. The molecule has 28 heavy (non-hydrogen) atoms. The van der Waals surface area contributed by atoms with E-state index in [1.54, 1.807) is 11.8 Å². The summed E-state index contributed by atoms with van der Waals surface area (Å²) in [5.41, 5.74) is 1.90. The molecule has 0 bridgehead atoms. The summed E-state index contributed by atoms with van der Waals surface area (Å²) in [4.78, 5) is 28.1. The molecular weight excluding hydrogens is 368 g/mol. The van der Waals surface area contributed by atoms with E-state index in [0.717, 1.165) is 12.8 Å². The average Bonchev–Trinajstić information content (AvgIpc) is 3.03. The van der Waals surface area contributed by atoms with Crippen molar-refractivity contribution in [3.05, 3.63) is 35.4 Å². The summed E-state index contributed by atoms with van der Waals surface area (Å²) >= 11 is 1.72. The maximum absolute atomic E-state index is 13.4. The zero-order chi connectivity index (χ0) is 21.1. The molecule has 3 atom stereocenters. The molecule has 3 unspecified atom stereocenters. The van der Waals surface area contributed by atoms with Crippen molar-refractivity contribution in [2.45, 2.75) is 84.2 Å². The lowest BCUT2D eigenvalue weighted by atomic mass is 9.86. The summed E-state index contributed by atoms with van der Waals surface area (Å²) in [6, 6.07) is 7.58. The number of thioether (sulfide) groups is 1. The number of hydrogen-bond acceptors (Lipinski definition) is 3. The van der Waals surface area contributed by atoms with Crippen LogP contribution in [0, 0.1) is 5.92 Å². The maximum Gasteiger partial charge on any atom is 0.255 e. The highest BCUT2D eigenvalue weighted by Crippen LogP contribution is 2.35. The fraction of sp³-hybridized carbons (Fsp3) is 0.652. The predicted molar refractivity (Wildman–Crippen MR) is 119 cm³/mol. The van der Waals surface area contributed by atoms with Crippen LogP contribution in [0.1, 0.15) is 77.2 Å². The van der Waals surface area contributed by atoms with Crippen molar-refractivity contribution in [2.24, 2.45) is 5.92 Å². The van der Waals surface area contributed by atoms with E-state index in [0.29, 0.717) is 17.2 Å². The van der Waals surface area contributed by atoms with Crippen molar-refractivity contribution in [3.63, 3.8) is 0 Å². The number of amides is 2. The molecule has 5 heteroatoms. The smallest absolute Gasteiger partial charge is 0.255 e. The number of carbonyl (C=O) groups excluding carboxylic acids is 2. The van der Waals surface area contributed by atoms with Crippen molar-refractivity contribution < 1.29 is 9.59 Å². The fourth-order valence-corrected chi connectivity index (χ4v) is 4.97. The van der Waals surface area contributed by atoms with E-state index in [-0.39, 0.29) is 28.6 Å². The molecule has 1 heterocycles. The van der Waals surface area contributed by atoms with Crippen LogP contribution in [-0.4, -0.2) is 39.9 Å². The molecule has 0 radical (unpaired) electrons. The first-order chi connectivity index (χ1) is 13.0. The Morgan fingerprint density at radius 1 is 1.18 bits per heavy atom. The number of nitrogens with zero attached hydrogens (tertiary/aromatic N) is 1. The Bertz CT molecular complexity index is 679. The van der Waals surface area contributed by atoms with Crippen LogP contribution in [0.3, 0.4) is 0 Å². The Morgan fingerprint density at radius 2 is 1.79 bits per heavy atom. The van der Waals surface area contributed by atoms with E-state index in [4.69, 9.17) is 0 Å². The second-order valence-corrected chi connectivity index (χ2v) is 10.5. The van der Waals surface area contributed by atoms with E-state index in [9.17, 15) is 9.59 Å². The first-order valence-corrected chi connectivity index (χ1v) is 11.4. The summed E-state index contributed by atoms with van der Waals surface area (Å²) in [7, 11) is 0. The lowest BCUT2D eigenvalue weighted by molar-refractivity contribution is -0.125.